The molecule has 2 aliphatic carbocycles. The van der Waals surface area contributed by atoms with Gasteiger partial charge in [0.25, 0.3) is 0 Å². The Bertz CT molecular complexity index is 1330. The van der Waals surface area contributed by atoms with E-state index < -0.39 is 41.3 Å². The standard InChI is InChI=1S/C37H53N3O7/c1-7-13-25(33(44)27(41)18-19-29(43)38-21-23-14-9-8-10-15-23)20-28(42)32-30-26(37(30,5)6)22-40(32)34(45)31(24-16-11-12-17-24)39-35(46)47-36(2,3)4/h8-10,14-15,24-26,30-32H,7,11-13,16-22H2,1-6H3,(H,38,43)(H,39,46)/t25?,26-,30-,31-,32+/m0/s1. The van der Waals surface area contributed by atoms with E-state index in [1.165, 1.54) is 0 Å². The van der Waals surface area contributed by atoms with Gasteiger partial charge in [0, 0.05) is 38.3 Å². The van der Waals surface area contributed by atoms with Crippen LogP contribution in [0.5, 0.6) is 0 Å². The lowest BCUT2D eigenvalue weighted by Crippen LogP contribution is -2.56. The molecule has 3 amide bonds. The molecule has 4 rings (SSSR count). The molecule has 258 valence electrons. The van der Waals surface area contributed by atoms with Gasteiger partial charge in [0.05, 0.1) is 6.04 Å². The van der Waals surface area contributed by atoms with Crippen LogP contribution in [0.25, 0.3) is 0 Å². The number of Topliss-reactive ketones (excluding diaryl/α,β-unsaturated/α-hetero) is 3. The van der Waals surface area contributed by atoms with Crippen molar-refractivity contribution in [3.63, 3.8) is 0 Å². The van der Waals surface area contributed by atoms with Crippen molar-refractivity contribution in [2.75, 3.05) is 6.54 Å². The second-order valence-electron chi connectivity index (χ2n) is 15.3. The minimum atomic E-state index is -0.809. The third-order valence-electron chi connectivity index (χ3n) is 10.3. The van der Waals surface area contributed by atoms with Crippen LogP contribution < -0.4 is 10.6 Å². The monoisotopic (exact) mass is 651 g/mol. The molecule has 1 aromatic carbocycles. The van der Waals surface area contributed by atoms with E-state index in [1.807, 2.05) is 37.3 Å². The predicted molar refractivity (Wildman–Crippen MR) is 177 cm³/mol. The summed E-state index contributed by atoms with van der Waals surface area (Å²) >= 11 is 0. The van der Waals surface area contributed by atoms with Crippen molar-refractivity contribution in [3.8, 4) is 0 Å². The number of nitrogens with zero attached hydrogens (tertiary/aromatic N) is 1. The molecule has 0 spiro atoms. The number of alkyl carbamates (subject to hydrolysis) is 1. The lowest BCUT2D eigenvalue weighted by Gasteiger charge is -2.35. The first-order chi connectivity index (χ1) is 22.1. The number of benzene rings is 1. The Balaban J connectivity index is 1.42. The molecule has 10 nitrogen and oxygen atoms in total. The van der Waals surface area contributed by atoms with Crippen molar-refractivity contribution in [1.82, 2.24) is 15.5 Å². The van der Waals surface area contributed by atoms with Gasteiger partial charge in [0.1, 0.15) is 11.6 Å². The fourth-order valence-corrected chi connectivity index (χ4v) is 7.67. The Hall–Kier alpha value is -3.56. The number of piperidine rings is 1. The van der Waals surface area contributed by atoms with Crippen molar-refractivity contribution in [2.24, 2.45) is 29.1 Å². The first-order valence-corrected chi connectivity index (χ1v) is 17.3. The number of hydrogen-bond donors (Lipinski definition) is 2. The van der Waals surface area contributed by atoms with E-state index >= 15 is 0 Å². The average molecular weight is 652 g/mol. The van der Waals surface area contributed by atoms with Crippen LogP contribution in [0.4, 0.5) is 4.79 Å². The summed E-state index contributed by atoms with van der Waals surface area (Å²) in [6.45, 7) is 12.1. The first-order valence-electron chi connectivity index (χ1n) is 17.3. The van der Waals surface area contributed by atoms with Gasteiger partial charge in [-0.1, -0.05) is 70.4 Å². The third-order valence-corrected chi connectivity index (χ3v) is 10.3. The minimum Gasteiger partial charge on any atom is -0.444 e. The Labute approximate surface area is 279 Å². The molecule has 47 heavy (non-hydrogen) atoms. The Morgan fingerprint density at radius 3 is 2.28 bits per heavy atom. The predicted octanol–water partition coefficient (Wildman–Crippen LogP) is 5.16. The number of ether oxygens (including phenoxy) is 1. The van der Waals surface area contributed by atoms with E-state index in [4.69, 9.17) is 4.74 Å². The highest BCUT2D eigenvalue weighted by Crippen LogP contribution is 2.65. The Kier molecular flexibility index (Phi) is 11.7. The molecule has 2 saturated carbocycles. The van der Waals surface area contributed by atoms with Crippen LogP contribution >= 0.6 is 0 Å². The van der Waals surface area contributed by atoms with Crippen LogP contribution in [0.3, 0.4) is 0 Å². The summed E-state index contributed by atoms with van der Waals surface area (Å²) in [7, 11) is 0. The maximum atomic E-state index is 14.2. The number of fused-ring (bicyclic) bond motifs is 1. The molecule has 1 unspecified atom stereocenters. The average Bonchev–Trinajstić information content (AvgIpc) is 3.45. The van der Waals surface area contributed by atoms with Gasteiger partial charge in [-0.2, -0.15) is 0 Å². The molecule has 5 atom stereocenters. The largest absolute Gasteiger partial charge is 0.444 e. The number of ketones is 3. The van der Waals surface area contributed by atoms with Gasteiger partial charge in [-0.15, -0.1) is 0 Å². The summed E-state index contributed by atoms with van der Waals surface area (Å²) < 4.78 is 5.49. The minimum absolute atomic E-state index is 0.0485. The summed E-state index contributed by atoms with van der Waals surface area (Å²) in [5, 5.41) is 5.62. The summed E-state index contributed by atoms with van der Waals surface area (Å²) in [6.07, 6.45) is 3.37. The molecule has 2 N–H and O–H groups in total. The quantitative estimate of drug-likeness (QED) is 0.250. The van der Waals surface area contributed by atoms with Gasteiger partial charge >= 0.3 is 6.09 Å². The maximum Gasteiger partial charge on any atom is 0.408 e. The maximum absolute atomic E-state index is 14.2. The number of rotatable bonds is 15. The topological polar surface area (TPSA) is 139 Å². The molecule has 0 bridgehead atoms. The molecule has 1 aliphatic heterocycles. The van der Waals surface area contributed by atoms with Gasteiger partial charge in [0.15, 0.2) is 11.6 Å². The van der Waals surface area contributed by atoms with Crippen LogP contribution in [-0.2, 0) is 35.3 Å². The van der Waals surface area contributed by atoms with Crippen LogP contribution in [0.2, 0.25) is 0 Å². The van der Waals surface area contributed by atoms with Crippen molar-refractivity contribution in [3.05, 3.63) is 35.9 Å². The van der Waals surface area contributed by atoms with Gasteiger partial charge in [0.2, 0.25) is 17.6 Å². The van der Waals surface area contributed by atoms with E-state index in [9.17, 15) is 28.8 Å². The number of nitrogens with one attached hydrogen (secondary N) is 2. The molecule has 1 aromatic rings. The molecule has 0 aromatic heterocycles. The molecular formula is C37H53N3O7. The second kappa shape index (κ2) is 15.1. The number of likely N-dealkylation sites (tertiary alicyclic amines) is 1. The Morgan fingerprint density at radius 2 is 1.66 bits per heavy atom. The van der Waals surface area contributed by atoms with Crippen molar-refractivity contribution < 1.29 is 33.5 Å². The second-order valence-corrected chi connectivity index (χ2v) is 15.3. The molecule has 1 heterocycles. The zero-order valence-electron chi connectivity index (χ0n) is 28.9. The van der Waals surface area contributed by atoms with Crippen LogP contribution in [-0.4, -0.2) is 64.4 Å². The summed E-state index contributed by atoms with van der Waals surface area (Å²) in [5.74, 6) is -2.87. The third kappa shape index (κ3) is 9.08. The summed E-state index contributed by atoms with van der Waals surface area (Å²) in [6, 6.07) is 7.88. The lowest BCUT2D eigenvalue weighted by atomic mass is 9.85. The van der Waals surface area contributed by atoms with Crippen molar-refractivity contribution >= 4 is 35.3 Å². The van der Waals surface area contributed by atoms with Gasteiger partial charge in [-0.05, 0) is 68.8 Å². The van der Waals surface area contributed by atoms with Crippen LogP contribution in [0.1, 0.15) is 105 Å². The molecule has 3 fully saturated rings. The molecular weight excluding hydrogens is 598 g/mol. The van der Waals surface area contributed by atoms with E-state index in [0.717, 1.165) is 31.2 Å². The SMILES string of the molecule is CCCC(CC(=O)[C@@H]1[C@@H]2[C@H](CN1C(=O)[C@@H](NC(=O)OC(C)(C)C)C1CCCC1)C2(C)C)C(=O)C(=O)CCC(=O)NCc1ccccc1. The van der Waals surface area contributed by atoms with Gasteiger partial charge in [-0.3, -0.25) is 24.0 Å². The van der Waals surface area contributed by atoms with E-state index in [1.54, 1.807) is 25.7 Å². The number of carbonyl (C=O) groups excluding carboxylic acids is 6. The summed E-state index contributed by atoms with van der Waals surface area (Å²) in [4.78, 5) is 81.5. The zero-order chi connectivity index (χ0) is 34.5. The zero-order valence-corrected chi connectivity index (χ0v) is 28.9. The van der Waals surface area contributed by atoms with Gasteiger partial charge < -0.3 is 20.3 Å². The highest BCUT2D eigenvalue weighted by atomic mass is 16.6. The highest BCUT2D eigenvalue weighted by Gasteiger charge is 2.69. The Morgan fingerprint density at radius 1 is 1.00 bits per heavy atom. The number of amides is 3. The summed E-state index contributed by atoms with van der Waals surface area (Å²) in [5.41, 5.74) is 0.0710. The normalized spacial score (nSPS) is 22.9. The number of hydrogen-bond acceptors (Lipinski definition) is 7. The fourth-order valence-electron chi connectivity index (χ4n) is 7.67. The molecule has 3 aliphatic rings. The van der Waals surface area contributed by atoms with Gasteiger partial charge in [-0.25, -0.2) is 4.79 Å². The van der Waals surface area contributed by atoms with E-state index in [0.29, 0.717) is 25.9 Å². The highest BCUT2D eigenvalue weighted by molar-refractivity contribution is 6.38. The van der Waals surface area contributed by atoms with E-state index in [2.05, 4.69) is 24.5 Å². The smallest absolute Gasteiger partial charge is 0.408 e. The number of carbonyl (C=O) groups is 6. The van der Waals surface area contributed by atoms with E-state index in [-0.39, 0.29) is 60.0 Å². The van der Waals surface area contributed by atoms with Crippen molar-refractivity contribution in [2.45, 2.75) is 124 Å². The molecule has 1 saturated heterocycles. The molecule has 0 radical (unpaired) electrons. The van der Waals surface area contributed by atoms with Crippen molar-refractivity contribution in [1.29, 1.82) is 0 Å². The lowest BCUT2D eigenvalue weighted by molar-refractivity contribution is -0.144. The fraction of sp³-hybridized carbons (Fsp3) is 0.676. The molecule has 10 heteroatoms. The van der Waals surface area contributed by atoms with Crippen LogP contribution in [0.15, 0.2) is 30.3 Å². The van der Waals surface area contributed by atoms with Crippen LogP contribution in [0, 0.1) is 29.1 Å². The first kappa shape index (κ1) is 36.3.